The first kappa shape index (κ1) is 16.2. The van der Waals surface area contributed by atoms with Gasteiger partial charge in [-0.2, -0.15) is 0 Å². The fraction of sp³-hybridized carbons (Fsp3) is 0.316. The molecule has 0 bridgehead atoms. The molecule has 0 aliphatic carbocycles. The number of carbonyl (C=O) groups is 2. The van der Waals surface area contributed by atoms with E-state index in [2.05, 4.69) is 10.3 Å². The van der Waals surface area contributed by atoms with Crippen LogP contribution < -0.4 is 10.2 Å². The Morgan fingerprint density at radius 2 is 1.88 bits per heavy atom. The summed E-state index contributed by atoms with van der Waals surface area (Å²) in [5.41, 5.74) is 1.90. The van der Waals surface area contributed by atoms with Gasteiger partial charge in [0.15, 0.2) is 0 Å². The highest BCUT2D eigenvalue weighted by Crippen LogP contribution is 2.31. The van der Waals surface area contributed by atoms with Crippen molar-refractivity contribution in [3.8, 4) is 0 Å². The van der Waals surface area contributed by atoms with Gasteiger partial charge in [-0.3, -0.25) is 14.6 Å². The number of nitrogens with zero attached hydrogens (tertiary/aromatic N) is 2. The second-order valence-electron chi connectivity index (χ2n) is 6.50. The van der Waals surface area contributed by atoms with Gasteiger partial charge in [0.25, 0.3) is 0 Å². The van der Waals surface area contributed by atoms with E-state index >= 15 is 0 Å². The molecule has 0 saturated carbocycles. The number of hydrogen-bond acceptors (Lipinski definition) is 3. The third-order valence-electron chi connectivity index (χ3n) is 4.44. The van der Waals surface area contributed by atoms with E-state index in [0.29, 0.717) is 13.1 Å². The number of nitrogens with one attached hydrogen (secondary N) is 1. The quantitative estimate of drug-likeness (QED) is 0.878. The minimum Gasteiger partial charge on any atom is -0.351 e. The number of para-hydroxylation sites is 1. The summed E-state index contributed by atoms with van der Waals surface area (Å²) in [6.07, 6.45) is 4.19. The number of anilines is 1. The van der Waals surface area contributed by atoms with Crippen molar-refractivity contribution in [3.05, 3.63) is 59.9 Å². The van der Waals surface area contributed by atoms with E-state index in [1.165, 1.54) is 0 Å². The maximum absolute atomic E-state index is 12.9. The zero-order valence-electron chi connectivity index (χ0n) is 14.0. The summed E-state index contributed by atoms with van der Waals surface area (Å²) >= 11 is 0. The summed E-state index contributed by atoms with van der Waals surface area (Å²) < 4.78 is 0. The van der Waals surface area contributed by atoms with Gasteiger partial charge in [-0.15, -0.1) is 0 Å². The molecule has 2 heterocycles. The van der Waals surface area contributed by atoms with Gasteiger partial charge in [0.05, 0.1) is 0 Å². The number of rotatable bonds is 4. The van der Waals surface area contributed by atoms with Crippen LogP contribution in [0, 0.1) is 5.41 Å². The maximum Gasteiger partial charge on any atom is 0.242 e. The molecule has 3 rings (SSSR count). The molecule has 1 aliphatic rings. The zero-order valence-corrected chi connectivity index (χ0v) is 14.0. The van der Waals surface area contributed by atoms with Crippen molar-refractivity contribution in [2.45, 2.75) is 26.8 Å². The Morgan fingerprint density at radius 1 is 1.17 bits per heavy atom. The normalized spacial score (nSPS) is 13.5. The van der Waals surface area contributed by atoms with Crippen molar-refractivity contribution in [1.82, 2.24) is 10.3 Å². The molecular weight excluding hydrogens is 302 g/mol. The molecular formula is C19H21N3O2. The first-order valence-electron chi connectivity index (χ1n) is 8.07. The number of hydrogen-bond donors (Lipinski definition) is 1. The summed E-state index contributed by atoms with van der Waals surface area (Å²) in [7, 11) is 0. The molecule has 1 N–H and O–H groups in total. The topological polar surface area (TPSA) is 62.3 Å². The van der Waals surface area contributed by atoms with Gasteiger partial charge >= 0.3 is 0 Å². The lowest BCUT2D eigenvalue weighted by atomic mass is 9.90. The molecule has 2 amide bonds. The van der Waals surface area contributed by atoms with Crippen molar-refractivity contribution < 1.29 is 9.59 Å². The van der Waals surface area contributed by atoms with Crippen LogP contribution in [0.3, 0.4) is 0 Å². The Balaban J connectivity index is 1.70. The monoisotopic (exact) mass is 323 g/mol. The van der Waals surface area contributed by atoms with Crippen molar-refractivity contribution in [2.75, 3.05) is 11.4 Å². The van der Waals surface area contributed by atoms with Gasteiger partial charge in [-0.05, 0) is 49.6 Å². The minimum atomic E-state index is -1.12. The summed E-state index contributed by atoms with van der Waals surface area (Å²) in [5.74, 6) is -0.437. The van der Waals surface area contributed by atoms with Gasteiger partial charge in [0.1, 0.15) is 5.41 Å². The highest BCUT2D eigenvalue weighted by atomic mass is 16.2. The Morgan fingerprint density at radius 3 is 2.62 bits per heavy atom. The highest BCUT2D eigenvalue weighted by molar-refractivity contribution is 6.11. The van der Waals surface area contributed by atoms with Crippen LogP contribution in [0.2, 0.25) is 0 Å². The smallest absolute Gasteiger partial charge is 0.242 e. The molecule has 0 saturated heterocycles. The Hall–Kier alpha value is -2.69. The van der Waals surface area contributed by atoms with Crippen LogP contribution in [0.15, 0.2) is 48.8 Å². The van der Waals surface area contributed by atoms with Crippen LogP contribution in [0.5, 0.6) is 0 Å². The van der Waals surface area contributed by atoms with Gasteiger partial charge in [-0.1, -0.05) is 18.2 Å². The van der Waals surface area contributed by atoms with Crippen LogP contribution in [0.25, 0.3) is 0 Å². The molecule has 1 aliphatic heterocycles. The molecule has 1 aromatic carbocycles. The number of benzene rings is 1. The third-order valence-corrected chi connectivity index (χ3v) is 4.44. The highest BCUT2D eigenvalue weighted by Gasteiger charge is 2.41. The van der Waals surface area contributed by atoms with Crippen molar-refractivity contribution in [2.24, 2.45) is 5.41 Å². The molecule has 24 heavy (non-hydrogen) atoms. The molecule has 2 aromatic rings. The van der Waals surface area contributed by atoms with Crippen LogP contribution in [0.1, 0.15) is 25.0 Å². The second-order valence-corrected chi connectivity index (χ2v) is 6.50. The van der Waals surface area contributed by atoms with Crippen LogP contribution in [0.4, 0.5) is 5.69 Å². The van der Waals surface area contributed by atoms with Crippen molar-refractivity contribution in [3.63, 3.8) is 0 Å². The lowest BCUT2D eigenvalue weighted by Crippen LogP contribution is -2.49. The summed E-state index contributed by atoms with van der Waals surface area (Å²) in [5, 5.41) is 2.85. The van der Waals surface area contributed by atoms with E-state index in [4.69, 9.17) is 0 Å². The first-order chi connectivity index (χ1) is 11.5. The van der Waals surface area contributed by atoms with E-state index in [1.807, 2.05) is 36.4 Å². The number of aromatic nitrogens is 1. The number of fused-ring (bicyclic) bond motifs is 1. The Bertz CT molecular complexity index is 756. The standard InChI is InChI=1S/C19H21N3O2/c1-19(2,17(23)21-13-14-7-10-20-11-8-14)18(24)22-12-9-15-5-3-4-6-16(15)22/h3-8,10-11H,9,12-13H2,1-2H3,(H,21,23). The zero-order chi connectivity index (χ0) is 17.2. The van der Waals surface area contributed by atoms with Gasteiger partial charge < -0.3 is 10.2 Å². The lowest BCUT2D eigenvalue weighted by Gasteiger charge is -2.28. The number of amides is 2. The van der Waals surface area contributed by atoms with Gasteiger partial charge in [-0.25, -0.2) is 0 Å². The average molecular weight is 323 g/mol. The molecule has 124 valence electrons. The molecule has 0 radical (unpaired) electrons. The van der Waals surface area contributed by atoms with Crippen LogP contribution in [-0.2, 0) is 22.6 Å². The van der Waals surface area contributed by atoms with E-state index in [-0.39, 0.29) is 11.8 Å². The van der Waals surface area contributed by atoms with E-state index in [9.17, 15) is 9.59 Å². The molecule has 0 atom stereocenters. The number of pyridine rings is 1. The van der Waals surface area contributed by atoms with Gasteiger partial charge in [0, 0.05) is 31.2 Å². The van der Waals surface area contributed by atoms with Crippen LogP contribution >= 0.6 is 0 Å². The third kappa shape index (κ3) is 3.02. The lowest BCUT2D eigenvalue weighted by molar-refractivity contribution is -0.139. The first-order valence-corrected chi connectivity index (χ1v) is 8.07. The molecule has 1 aromatic heterocycles. The summed E-state index contributed by atoms with van der Waals surface area (Å²) in [6.45, 7) is 4.37. The molecule has 5 nitrogen and oxygen atoms in total. The molecule has 0 unspecified atom stereocenters. The fourth-order valence-corrected chi connectivity index (χ4v) is 2.89. The van der Waals surface area contributed by atoms with Gasteiger partial charge in [0.2, 0.25) is 11.8 Å². The Kier molecular flexibility index (Phi) is 4.34. The van der Waals surface area contributed by atoms with Crippen LogP contribution in [-0.4, -0.2) is 23.3 Å². The number of carbonyl (C=O) groups excluding carboxylic acids is 2. The largest absolute Gasteiger partial charge is 0.351 e. The molecule has 0 spiro atoms. The predicted octanol–water partition coefficient (Wildman–Crippen LogP) is 2.31. The van der Waals surface area contributed by atoms with Crippen molar-refractivity contribution in [1.29, 1.82) is 0 Å². The van der Waals surface area contributed by atoms with E-state index in [0.717, 1.165) is 23.2 Å². The van der Waals surface area contributed by atoms with E-state index in [1.54, 1.807) is 31.1 Å². The summed E-state index contributed by atoms with van der Waals surface area (Å²) in [6, 6.07) is 11.5. The molecule has 0 fully saturated rings. The van der Waals surface area contributed by atoms with Crippen molar-refractivity contribution >= 4 is 17.5 Å². The average Bonchev–Trinajstić information content (AvgIpc) is 3.03. The second kappa shape index (κ2) is 6.43. The fourth-order valence-electron chi connectivity index (χ4n) is 2.89. The Labute approximate surface area is 141 Å². The van der Waals surface area contributed by atoms with E-state index < -0.39 is 5.41 Å². The summed E-state index contributed by atoms with van der Waals surface area (Å²) in [4.78, 5) is 31.2. The minimum absolute atomic E-state index is 0.167. The predicted molar refractivity (Wildman–Crippen MR) is 92.4 cm³/mol. The molecule has 5 heteroatoms. The maximum atomic E-state index is 12.9. The SMILES string of the molecule is CC(C)(C(=O)NCc1ccncc1)C(=O)N1CCc2ccccc21.